The lowest BCUT2D eigenvalue weighted by Gasteiger charge is -2.36. The SMILES string of the molecule is C[C@@H](Nc1ncnc2c1cc(C1(C#N)CC1)c(=O)n2CCCN=[N+]=[N-])c1cccc(C(F)(F)C2CCN(C(=O)OC(C)(C)C)CC2)c1. The van der Waals surface area contributed by atoms with Crippen LogP contribution < -0.4 is 10.9 Å². The highest BCUT2D eigenvalue weighted by molar-refractivity contribution is 5.87. The number of ether oxygens (including phenoxy) is 1. The molecule has 14 heteroatoms. The topological polar surface area (TPSA) is 162 Å². The molecule has 3 aromatic rings. The van der Waals surface area contributed by atoms with Crippen LogP contribution in [0.1, 0.15) is 82.5 Å². The second-order valence-electron chi connectivity index (χ2n) is 13.3. The number of alkyl halides is 2. The van der Waals surface area contributed by atoms with E-state index in [9.17, 15) is 14.9 Å². The minimum atomic E-state index is -3.12. The van der Waals surface area contributed by atoms with Crippen LogP contribution in [0.15, 0.2) is 46.6 Å². The number of anilines is 1. The predicted octanol–water partition coefficient (Wildman–Crippen LogP) is 6.96. The molecule has 1 aromatic carbocycles. The second kappa shape index (κ2) is 13.2. The van der Waals surface area contributed by atoms with Crippen LogP contribution in [0.4, 0.5) is 19.4 Å². The molecule has 0 unspecified atom stereocenters. The first-order valence-electron chi connectivity index (χ1n) is 15.8. The molecule has 2 fully saturated rings. The Labute approximate surface area is 271 Å². The largest absolute Gasteiger partial charge is 0.444 e. The zero-order valence-corrected chi connectivity index (χ0v) is 27.0. The minimum Gasteiger partial charge on any atom is -0.444 e. The van der Waals surface area contributed by atoms with Gasteiger partial charge in [-0.25, -0.2) is 23.5 Å². The summed E-state index contributed by atoms with van der Waals surface area (Å²) in [6.07, 6.45) is 2.66. The van der Waals surface area contributed by atoms with E-state index in [2.05, 4.69) is 31.4 Å². The van der Waals surface area contributed by atoms with Crippen molar-refractivity contribution in [1.82, 2.24) is 19.4 Å². The summed E-state index contributed by atoms with van der Waals surface area (Å²) >= 11 is 0. The summed E-state index contributed by atoms with van der Waals surface area (Å²) in [6.45, 7) is 7.95. The highest BCUT2D eigenvalue weighted by Gasteiger charge is 2.48. The number of carbonyl (C=O) groups excluding carboxylic acids is 1. The Morgan fingerprint density at radius 2 is 1.98 bits per heavy atom. The van der Waals surface area contributed by atoms with Crippen molar-refractivity contribution >= 4 is 22.9 Å². The maximum absolute atomic E-state index is 15.9. The third kappa shape index (κ3) is 7.15. The fraction of sp³-hybridized carbons (Fsp3) is 0.545. The van der Waals surface area contributed by atoms with E-state index in [0.717, 1.165) is 0 Å². The number of carbonyl (C=O) groups is 1. The Morgan fingerprint density at radius 3 is 2.62 bits per heavy atom. The van der Waals surface area contributed by atoms with Gasteiger partial charge in [0, 0.05) is 54.2 Å². The predicted molar refractivity (Wildman–Crippen MR) is 172 cm³/mol. The summed E-state index contributed by atoms with van der Waals surface area (Å²) in [5.74, 6) is -3.66. The number of nitrogens with one attached hydrogen (secondary N) is 1. The van der Waals surface area contributed by atoms with Crippen molar-refractivity contribution in [1.29, 1.82) is 5.26 Å². The summed E-state index contributed by atoms with van der Waals surface area (Å²) < 4.78 is 38.7. The van der Waals surface area contributed by atoms with Gasteiger partial charge in [-0.15, -0.1) is 0 Å². The second-order valence-corrected chi connectivity index (χ2v) is 13.3. The van der Waals surface area contributed by atoms with Gasteiger partial charge >= 0.3 is 6.09 Å². The van der Waals surface area contributed by atoms with E-state index in [-0.39, 0.29) is 50.1 Å². The molecule has 5 rings (SSSR count). The number of hydrogen-bond donors (Lipinski definition) is 1. The third-order valence-corrected chi connectivity index (χ3v) is 8.85. The van der Waals surface area contributed by atoms with Gasteiger partial charge in [-0.1, -0.05) is 23.3 Å². The van der Waals surface area contributed by atoms with Gasteiger partial charge in [0.05, 0.1) is 16.9 Å². The lowest BCUT2D eigenvalue weighted by molar-refractivity contribution is -0.0861. The number of benzene rings is 1. The van der Waals surface area contributed by atoms with E-state index in [1.54, 1.807) is 39.0 Å². The third-order valence-electron chi connectivity index (χ3n) is 8.85. The van der Waals surface area contributed by atoms with E-state index in [1.807, 2.05) is 6.92 Å². The smallest absolute Gasteiger partial charge is 0.410 e. The van der Waals surface area contributed by atoms with Crippen molar-refractivity contribution in [2.45, 2.75) is 89.3 Å². The maximum atomic E-state index is 15.9. The van der Waals surface area contributed by atoms with E-state index in [1.165, 1.54) is 27.9 Å². The van der Waals surface area contributed by atoms with Crippen molar-refractivity contribution in [3.8, 4) is 6.07 Å². The highest BCUT2D eigenvalue weighted by atomic mass is 19.3. The molecular formula is C33H39F2N9O3. The van der Waals surface area contributed by atoms with Crippen LogP contribution in [0.2, 0.25) is 0 Å². The molecule has 2 aromatic heterocycles. The summed E-state index contributed by atoms with van der Waals surface area (Å²) in [4.78, 5) is 39.0. The van der Waals surface area contributed by atoms with E-state index in [0.29, 0.717) is 47.2 Å². The number of pyridine rings is 1. The van der Waals surface area contributed by atoms with Crippen LogP contribution in [0.3, 0.4) is 0 Å². The lowest BCUT2D eigenvalue weighted by atomic mass is 9.85. The molecule has 1 aliphatic heterocycles. The van der Waals surface area contributed by atoms with Gasteiger partial charge in [-0.05, 0) is 83.0 Å². The molecule has 1 amide bonds. The van der Waals surface area contributed by atoms with Gasteiger partial charge in [0.1, 0.15) is 23.4 Å². The average Bonchev–Trinajstić information content (AvgIpc) is 3.84. The molecule has 12 nitrogen and oxygen atoms in total. The molecule has 0 bridgehead atoms. The zero-order valence-electron chi connectivity index (χ0n) is 27.0. The number of rotatable bonds is 10. The molecular weight excluding hydrogens is 608 g/mol. The number of fused-ring (bicyclic) bond motifs is 1. The van der Waals surface area contributed by atoms with E-state index < -0.39 is 35.0 Å². The van der Waals surface area contributed by atoms with Crippen LogP contribution in [0, 0.1) is 17.2 Å². The van der Waals surface area contributed by atoms with Crippen molar-refractivity contribution in [2.24, 2.45) is 11.0 Å². The molecule has 47 heavy (non-hydrogen) atoms. The van der Waals surface area contributed by atoms with E-state index in [4.69, 9.17) is 10.3 Å². The van der Waals surface area contributed by atoms with Crippen molar-refractivity contribution in [2.75, 3.05) is 25.0 Å². The van der Waals surface area contributed by atoms with Crippen molar-refractivity contribution in [3.63, 3.8) is 0 Å². The van der Waals surface area contributed by atoms with Crippen molar-refractivity contribution in [3.05, 3.63) is 74.1 Å². The van der Waals surface area contributed by atoms with Crippen LogP contribution in [-0.4, -0.2) is 50.8 Å². The Balaban J connectivity index is 1.38. The van der Waals surface area contributed by atoms with Crippen LogP contribution in [0.5, 0.6) is 0 Å². The maximum Gasteiger partial charge on any atom is 0.410 e. The summed E-state index contributed by atoms with van der Waals surface area (Å²) in [5.41, 5.74) is 8.02. The number of azide groups is 1. The number of halogens is 2. The Kier molecular flexibility index (Phi) is 9.41. The van der Waals surface area contributed by atoms with E-state index >= 15 is 8.78 Å². The fourth-order valence-electron chi connectivity index (χ4n) is 6.05. The van der Waals surface area contributed by atoms with Gasteiger partial charge in [-0.3, -0.25) is 9.36 Å². The molecule has 1 saturated carbocycles. The number of aryl methyl sites for hydroxylation is 1. The Hall–Kier alpha value is -4.76. The molecule has 1 N–H and O–H groups in total. The number of aromatic nitrogens is 3. The number of likely N-dealkylation sites (tertiary alicyclic amines) is 1. The first-order chi connectivity index (χ1) is 22.3. The summed E-state index contributed by atoms with van der Waals surface area (Å²) in [5, 5.41) is 17.3. The van der Waals surface area contributed by atoms with Gasteiger partial charge < -0.3 is 15.0 Å². The molecule has 0 radical (unpaired) electrons. The minimum absolute atomic E-state index is 0.104. The molecule has 1 saturated heterocycles. The van der Waals surface area contributed by atoms with Crippen LogP contribution in [-0.2, 0) is 22.6 Å². The number of nitriles is 1. The molecule has 248 valence electrons. The van der Waals surface area contributed by atoms with Crippen LogP contribution >= 0.6 is 0 Å². The lowest BCUT2D eigenvalue weighted by Crippen LogP contribution is -2.44. The van der Waals surface area contributed by atoms with Crippen molar-refractivity contribution < 1.29 is 18.3 Å². The van der Waals surface area contributed by atoms with Gasteiger partial charge in [0.25, 0.3) is 11.5 Å². The number of piperidine rings is 1. The van der Waals surface area contributed by atoms with Gasteiger partial charge in [-0.2, -0.15) is 5.26 Å². The number of nitrogens with zero attached hydrogens (tertiary/aromatic N) is 8. The summed E-state index contributed by atoms with van der Waals surface area (Å²) in [7, 11) is 0. The fourth-order valence-corrected chi connectivity index (χ4v) is 6.05. The standard InChI is InChI=1S/C33H39F2N9O3/c1-21(22-7-5-8-24(17-22)33(34,35)23-9-15-43(16-10-23)30(46)47-31(2,3)4)41-27-25-18-26(32(19-36)11-12-32)29(45)44(14-6-13-40-42-37)28(25)39-20-38-27/h5,7-8,17-18,20-21,23H,6,9-16H2,1-4H3,(H,38,39,41)/t21-/m1/s1. The number of amides is 1. The quantitative estimate of drug-likeness (QED) is 0.108. The van der Waals surface area contributed by atoms with Gasteiger partial charge in [0.15, 0.2) is 0 Å². The van der Waals surface area contributed by atoms with Crippen LogP contribution in [0.25, 0.3) is 21.5 Å². The Bertz CT molecular complexity index is 1800. The highest BCUT2D eigenvalue weighted by Crippen LogP contribution is 2.47. The molecule has 2 aliphatic rings. The number of hydrogen-bond acceptors (Lipinski definition) is 8. The monoisotopic (exact) mass is 647 g/mol. The average molecular weight is 648 g/mol. The molecule has 1 aliphatic carbocycles. The normalized spacial score (nSPS) is 17.0. The first kappa shape index (κ1) is 33.6. The van der Waals surface area contributed by atoms with Gasteiger partial charge in [0.2, 0.25) is 0 Å². The zero-order chi connectivity index (χ0) is 34.0. The summed E-state index contributed by atoms with van der Waals surface area (Å²) in [6, 6.07) is 9.78. The molecule has 1 atom stereocenters. The first-order valence-corrected chi connectivity index (χ1v) is 15.8. The molecule has 0 spiro atoms. The Morgan fingerprint density at radius 1 is 1.26 bits per heavy atom. The molecule has 3 heterocycles.